The summed E-state index contributed by atoms with van der Waals surface area (Å²) in [7, 11) is -12.4. The number of Topliss-reactive ketones (excluding diaryl/α,β-unsaturated/α-hetero) is 3. The van der Waals surface area contributed by atoms with Gasteiger partial charge in [-0.25, -0.2) is 32.8 Å². The molecule has 430 valence electrons. The summed E-state index contributed by atoms with van der Waals surface area (Å²) >= 11 is 5.10. The van der Waals surface area contributed by atoms with Gasteiger partial charge in [-0.2, -0.15) is 16.8 Å². The van der Waals surface area contributed by atoms with Crippen molar-refractivity contribution >= 4 is 107 Å². The maximum Gasteiger partial charge on any atom is 0.394 e. The molecule has 0 aliphatic heterocycles. The Morgan fingerprint density at radius 2 is 1.07 bits per heavy atom. The highest BCUT2D eigenvalue weighted by molar-refractivity contribution is 7.92. The second-order valence-corrected chi connectivity index (χ2v) is 19.9. The van der Waals surface area contributed by atoms with E-state index in [9.17, 15) is 55.2 Å². The number of imide groups is 2. The van der Waals surface area contributed by atoms with Gasteiger partial charge in [0.2, 0.25) is 11.8 Å². The summed E-state index contributed by atoms with van der Waals surface area (Å²) in [6.07, 6.45) is 6.18. The lowest BCUT2D eigenvalue weighted by Crippen LogP contribution is -2.42. The van der Waals surface area contributed by atoms with Crippen molar-refractivity contribution in [2.45, 2.75) is 57.9 Å². The molecule has 0 saturated heterocycles. The molecule has 4 aromatic heterocycles. The van der Waals surface area contributed by atoms with E-state index < -0.39 is 54.3 Å². The molecule has 0 unspecified atom stereocenters. The van der Waals surface area contributed by atoms with Gasteiger partial charge in [-0.1, -0.05) is 36.4 Å². The third-order valence-electron chi connectivity index (χ3n) is 9.19. The number of fused-ring (bicyclic) bond motifs is 1. The van der Waals surface area contributed by atoms with Crippen LogP contribution < -0.4 is 42.1 Å². The minimum absolute atomic E-state index is 0.0151. The Hall–Kier alpha value is -8.75. The van der Waals surface area contributed by atoms with E-state index >= 15 is 0 Å². The number of hydrogen-bond donors (Lipinski definition) is 9. The molecular weight excluding hydrogens is 1130 g/mol. The first-order chi connectivity index (χ1) is 37.5. The van der Waals surface area contributed by atoms with Crippen LogP contribution in [0.4, 0.5) is 26.0 Å². The van der Waals surface area contributed by atoms with E-state index in [0.29, 0.717) is 42.2 Å². The molecule has 0 aliphatic rings. The van der Waals surface area contributed by atoms with Crippen LogP contribution in [0.1, 0.15) is 72.6 Å². The van der Waals surface area contributed by atoms with Crippen LogP contribution in [0.3, 0.4) is 0 Å². The van der Waals surface area contributed by atoms with Gasteiger partial charge in [0.1, 0.15) is 29.4 Å². The number of carbonyl (C=O) groups is 8. The van der Waals surface area contributed by atoms with Crippen molar-refractivity contribution < 1.29 is 72.7 Å². The van der Waals surface area contributed by atoms with Crippen LogP contribution in [0, 0.1) is 0 Å². The second kappa shape index (κ2) is 32.9. The molecule has 0 spiro atoms. The summed E-state index contributed by atoms with van der Waals surface area (Å²) < 4.78 is 89.9. The van der Waals surface area contributed by atoms with Crippen molar-refractivity contribution in [2.24, 2.45) is 4.40 Å². The molecule has 32 heteroatoms. The fourth-order valence-corrected chi connectivity index (χ4v) is 7.79. The highest BCUT2D eigenvalue weighted by atomic mass is 35.5. The standard InChI is InChI=1S/C18H20N4O5S.C13H12N2O3S.C12H14N4O2.C5H9ClN2O2.H2O4S/c1-3-19-18(25)20-17(24)12-22-10-9-14(13(2)23)11-16(22)21-28(26,27)15-7-5-4-6-8-15;1-10(16)11-7-8-14-13(9-11)15-19(17,18)12-5-3-2-4-6-12;1-3-13-12(18)15-10-7-16-5-4-9(8(2)17)6-11(16)14-10;1-2-7-5(10)8-4(9)3-6;1-5(2,3)4/h4-11H,3,12H2,1-2H3,(H2,19,20,24,25);2-9H,1H3,(H,14,15);4-7H,3H2,1-2H3,(H2,13,15,18);2-3H2,1H3,(H2,7,8,9,10);(H2,1,2,3,4). The SMILES string of the molecule is CC(=O)c1ccnc(NS(=O)(=O)c2ccccc2)c1.CCNC(=O)NC(=O)CCl.CCNC(=O)NC(=O)Cn1ccc(C(C)=O)cc1=NS(=O)(=O)c1ccccc1.CCNC(=O)Nc1cn2ccc(C(C)=O)cc2n1.O=S(=O)(O)O. The van der Waals surface area contributed by atoms with Gasteiger partial charge in [0.05, 0.1) is 16.0 Å². The molecule has 28 nitrogen and oxygen atoms in total. The molecule has 0 fully saturated rings. The summed E-state index contributed by atoms with van der Waals surface area (Å²) in [6.45, 7) is 10.5. The summed E-state index contributed by atoms with van der Waals surface area (Å²) in [4.78, 5) is 98.1. The maximum atomic E-state index is 12.6. The van der Waals surface area contributed by atoms with Gasteiger partial charge < -0.3 is 24.9 Å². The van der Waals surface area contributed by atoms with Crippen LogP contribution in [0.2, 0.25) is 0 Å². The molecule has 2 aromatic carbocycles. The van der Waals surface area contributed by atoms with E-state index in [1.54, 1.807) is 79.2 Å². The number of nitrogens with one attached hydrogen (secondary N) is 7. The van der Waals surface area contributed by atoms with Crippen LogP contribution in [-0.4, -0.2) is 126 Å². The summed E-state index contributed by atoms with van der Waals surface area (Å²) in [5, 5.41) is 14.2. The third-order valence-corrected chi connectivity index (χ3v) is 12.1. The lowest BCUT2D eigenvalue weighted by Gasteiger charge is -2.09. The first kappa shape index (κ1) is 67.4. The van der Waals surface area contributed by atoms with E-state index in [4.69, 9.17) is 29.1 Å². The van der Waals surface area contributed by atoms with E-state index in [-0.39, 0.29) is 62.5 Å². The van der Waals surface area contributed by atoms with Crippen LogP contribution >= 0.6 is 11.6 Å². The monoisotopic (exact) mass is 1190 g/mol. The lowest BCUT2D eigenvalue weighted by atomic mass is 10.2. The zero-order chi connectivity index (χ0) is 60.2. The summed E-state index contributed by atoms with van der Waals surface area (Å²) in [5.74, 6) is -1.24. The number of carbonyl (C=O) groups excluding carboxylic acids is 8. The Bertz CT molecular complexity index is 3560. The molecule has 0 radical (unpaired) electrons. The number of pyridine rings is 3. The van der Waals surface area contributed by atoms with Crippen LogP contribution in [0.5, 0.6) is 0 Å². The third kappa shape index (κ3) is 25.6. The number of nitrogens with zero attached hydrogens (tertiary/aromatic N) is 5. The minimum atomic E-state index is -4.67. The molecule has 0 aliphatic carbocycles. The van der Waals surface area contributed by atoms with Crippen LogP contribution in [0.15, 0.2) is 136 Å². The molecular formula is C48H57ClN12O16S3. The quantitative estimate of drug-likeness (QED) is 0.0398. The Morgan fingerprint density at radius 1 is 0.600 bits per heavy atom. The van der Waals surface area contributed by atoms with Gasteiger partial charge in [0.15, 0.2) is 23.2 Å². The smallest absolute Gasteiger partial charge is 0.338 e. The van der Waals surface area contributed by atoms with Gasteiger partial charge in [-0.15, -0.1) is 16.0 Å². The number of alkyl halides is 1. The van der Waals surface area contributed by atoms with Gasteiger partial charge in [-0.3, -0.25) is 53.8 Å². The molecule has 80 heavy (non-hydrogen) atoms. The van der Waals surface area contributed by atoms with Gasteiger partial charge in [-0.05, 0) is 102 Å². The van der Waals surface area contributed by atoms with E-state index in [1.165, 1.54) is 86.3 Å². The van der Waals surface area contributed by atoms with E-state index in [0.717, 1.165) is 0 Å². The number of amides is 8. The lowest BCUT2D eigenvalue weighted by molar-refractivity contribution is -0.120. The number of benzene rings is 2. The molecule has 0 saturated carbocycles. The molecule has 6 rings (SSSR count). The second-order valence-electron chi connectivity index (χ2n) is 15.5. The average molecular weight is 1190 g/mol. The highest BCUT2D eigenvalue weighted by Crippen LogP contribution is 2.16. The number of anilines is 2. The number of ketones is 3. The van der Waals surface area contributed by atoms with Crippen LogP contribution in [-0.2, 0) is 46.6 Å². The Morgan fingerprint density at radius 3 is 1.59 bits per heavy atom. The molecule has 0 atom stereocenters. The Kier molecular flexibility index (Phi) is 27.7. The van der Waals surface area contributed by atoms with Gasteiger partial charge in [0, 0.05) is 54.9 Å². The van der Waals surface area contributed by atoms with Crippen molar-refractivity contribution in [3.63, 3.8) is 0 Å². The summed E-state index contributed by atoms with van der Waals surface area (Å²) in [5.41, 5.74) is 1.75. The fourth-order valence-electron chi connectivity index (χ4n) is 5.69. The largest absolute Gasteiger partial charge is 0.394 e. The number of halogens is 1. The zero-order valence-electron chi connectivity index (χ0n) is 43.5. The fraction of sp³-hybridized carbons (Fsp3) is 0.229. The molecule has 6 aromatic rings. The minimum Gasteiger partial charge on any atom is -0.338 e. The summed E-state index contributed by atoms with van der Waals surface area (Å²) in [6, 6.07) is 23.1. The normalized spacial score (nSPS) is 10.8. The highest BCUT2D eigenvalue weighted by Gasteiger charge is 2.17. The number of urea groups is 3. The molecule has 8 amide bonds. The number of aromatic nitrogens is 4. The Labute approximate surface area is 464 Å². The predicted molar refractivity (Wildman–Crippen MR) is 292 cm³/mol. The number of rotatable bonds is 15. The van der Waals surface area contributed by atoms with Gasteiger partial charge in [0.25, 0.3) is 20.0 Å². The van der Waals surface area contributed by atoms with Crippen molar-refractivity contribution in [1.29, 1.82) is 0 Å². The molecule has 4 heterocycles. The number of hydrogen-bond acceptors (Lipinski definition) is 16. The van der Waals surface area contributed by atoms with Crippen LogP contribution in [0.25, 0.3) is 5.65 Å². The van der Waals surface area contributed by atoms with Crippen molar-refractivity contribution in [2.75, 3.05) is 35.6 Å². The average Bonchev–Trinajstić information content (AvgIpc) is 3.79. The first-order valence-electron chi connectivity index (χ1n) is 23.1. The van der Waals surface area contributed by atoms with Gasteiger partial charge >= 0.3 is 28.5 Å². The van der Waals surface area contributed by atoms with Crippen molar-refractivity contribution in [3.8, 4) is 0 Å². The van der Waals surface area contributed by atoms with E-state index in [1.807, 2.05) is 12.2 Å². The van der Waals surface area contributed by atoms with Crippen molar-refractivity contribution in [3.05, 3.63) is 144 Å². The maximum absolute atomic E-state index is 12.6. The zero-order valence-corrected chi connectivity index (χ0v) is 46.7. The first-order valence-corrected chi connectivity index (χ1v) is 28.0. The molecule has 9 N–H and O–H groups in total. The topological polar surface area (TPSA) is 411 Å². The molecule has 0 bridgehead atoms. The number of sulfonamides is 2. The Balaban J connectivity index is 0.000000371. The van der Waals surface area contributed by atoms with E-state index in [2.05, 4.69) is 45.7 Å². The number of imidazole rings is 1. The van der Waals surface area contributed by atoms with Crippen molar-refractivity contribution in [1.82, 2.24) is 45.5 Å². The predicted octanol–water partition coefficient (Wildman–Crippen LogP) is 4.01.